The summed E-state index contributed by atoms with van der Waals surface area (Å²) in [4.78, 5) is 12.1. The standard InChI is InChI=1S/C16H10ClIN2O/c17-14-3-1-2-4-15(14)20-16(21)12(10-19)9-11-5-7-13(18)8-6-11/h1-9H,(H,20,21)/b12-9+. The fraction of sp³-hybridized carbons (Fsp3) is 0. The van der Waals surface area contributed by atoms with Crippen molar-refractivity contribution in [2.24, 2.45) is 0 Å². The highest BCUT2D eigenvalue weighted by Crippen LogP contribution is 2.21. The number of amides is 1. The van der Waals surface area contributed by atoms with E-state index in [1.807, 2.05) is 30.3 Å². The highest BCUT2D eigenvalue weighted by atomic mass is 127. The minimum absolute atomic E-state index is 0.0242. The van der Waals surface area contributed by atoms with Crippen LogP contribution in [0.2, 0.25) is 5.02 Å². The zero-order chi connectivity index (χ0) is 15.2. The number of hydrogen-bond acceptors (Lipinski definition) is 2. The van der Waals surface area contributed by atoms with Crippen LogP contribution in [-0.4, -0.2) is 5.91 Å². The number of nitriles is 1. The van der Waals surface area contributed by atoms with Gasteiger partial charge in [-0.05, 0) is 58.5 Å². The molecular formula is C16H10ClIN2O. The number of halogens is 2. The number of rotatable bonds is 3. The lowest BCUT2D eigenvalue weighted by molar-refractivity contribution is -0.112. The van der Waals surface area contributed by atoms with Gasteiger partial charge in [0.2, 0.25) is 0 Å². The second kappa shape index (κ2) is 7.25. The van der Waals surface area contributed by atoms with Gasteiger partial charge in [-0.3, -0.25) is 4.79 Å². The summed E-state index contributed by atoms with van der Waals surface area (Å²) < 4.78 is 1.09. The van der Waals surface area contributed by atoms with Gasteiger partial charge in [0.15, 0.2) is 0 Å². The first kappa shape index (κ1) is 15.5. The highest BCUT2D eigenvalue weighted by molar-refractivity contribution is 14.1. The molecular weight excluding hydrogens is 399 g/mol. The third-order valence-electron chi connectivity index (χ3n) is 2.67. The fourth-order valence-electron chi connectivity index (χ4n) is 1.63. The molecule has 0 aliphatic carbocycles. The second-order valence-electron chi connectivity index (χ2n) is 4.16. The van der Waals surface area contributed by atoms with E-state index in [0.29, 0.717) is 10.7 Å². The summed E-state index contributed by atoms with van der Waals surface area (Å²) in [6.45, 7) is 0. The Bertz CT molecular complexity index is 733. The van der Waals surface area contributed by atoms with Crippen molar-refractivity contribution in [3.63, 3.8) is 0 Å². The van der Waals surface area contributed by atoms with Gasteiger partial charge >= 0.3 is 0 Å². The maximum Gasteiger partial charge on any atom is 0.266 e. The topological polar surface area (TPSA) is 52.9 Å². The van der Waals surface area contributed by atoms with Crippen LogP contribution in [0.15, 0.2) is 54.1 Å². The van der Waals surface area contributed by atoms with Gasteiger partial charge < -0.3 is 5.32 Å². The van der Waals surface area contributed by atoms with Gasteiger partial charge in [0, 0.05) is 3.57 Å². The van der Waals surface area contributed by atoms with Crippen molar-refractivity contribution < 1.29 is 4.79 Å². The number of nitrogens with one attached hydrogen (secondary N) is 1. The van der Waals surface area contributed by atoms with Crippen LogP contribution in [0.5, 0.6) is 0 Å². The van der Waals surface area contributed by atoms with E-state index in [0.717, 1.165) is 9.13 Å². The molecule has 0 aliphatic rings. The quantitative estimate of drug-likeness (QED) is 0.462. The third kappa shape index (κ3) is 4.31. The maximum atomic E-state index is 12.1. The summed E-state index contributed by atoms with van der Waals surface area (Å²) in [5.41, 5.74) is 1.30. The van der Waals surface area contributed by atoms with Crippen LogP contribution < -0.4 is 5.32 Å². The molecule has 0 saturated carbocycles. The van der Waals surface area contributed by atoms with E-state index >= 15 is 0 Å². The van der Waals surface area contributed by atoms with Crippen LogP contribution in [0, 0.1) is 14.9 Å². The van der Waals surface area contributed by atoms with Gasteiger partial charge in [-0.1, -0.05) is 35.9 Å². The Morgan fingerprint density at radius 2 is 1.86 bits per heavy atom. The van der Waals surface area contributed by atoms with Crippen molar-refractivity contribution in [3.05, 3.63) is 68.3 Å². The monoisotopic (exact) mass is 408 g/mol. The number of nitrogens with zero attached hydrogens (tertiary/aromatic N) is 1. The van der Waals surface area contributed by atoms with Gasteiger partial charge in [0.25, 0.3) is 5.91 Å². The zero-order valence-corrected chi connectivity index (χ0v) is 13.7. The Kier molecular flexibility index (Phi) is 5.37. The first-order valence-electron chi connectivity index (χ1n) is 6.03. The van der Waals surface area contributed by atoms with Crippen molar-refractivity contribution in [3.8, 4) is 6.07 Å². The predicted octanol–water partition coefficient (Wildman–Crippen LogP) is 4.49. The van der Waals surface area contributed by atoms with Crippen molar-refractivity contribution in [2.45, 2.75) is 0 Å². The van der Waals surface area contributed by atoms with Crippen LogP contribution in [0.3, 0.4) is 0 Å². The van der Waals surface area contributed by atoms with E-state index in [1.54, 1.807) is 30.3 Å². The molecule has 0 fully saturated rings. The second-order valence-corrected chi connectivity index (χ2v) is 5.81. The van der Waals surface area contributed by atoms with E-state index in [4.69, 9.17) is 16.9 Å². The van der Waals surface area contributed by atoms with Gasteiger partial charge in [-0.2, -0.15) is 5.26 Å². The van der Waals surface area contributed by atoms with Crippen LogP contribution in [0.1, 0.15) is 5.56 Å². The Hall–Kier alpha value is -1.84. The lowest BCUT2D eigenvalue weighted by atomic mass is 10.1. The molecule has 0 unspecified atom stereocenters. The molecule has 0 atom stereocenters. The molecule has 1 N–H and O–H groups in total. The molecule has 21 heavy (non-hydrogen) atoms. The fourth-order valence-corrected chi connectivity index (χ4v) is 2.17. The number of carbonyl (C=O) groups excluding carboxylic acids is 1. The number of para-hydroxylation sites is 1. The maximum absolute atomic E-state index is 12.1. The molecule has 104 valence electrons. The first-order chi connectivity index (χ1) is 10.1. The Labute approximate surface area is 141 Å². The minimum atomic E-state index is -0.482. The van der Waals surface area contributed by atoms with E-state index in [9.17, 15) is 4.79 Å². The van der Waals surface area contributed by atoms with E-state index in [1.165, 1.54) is 0 Å². The molecule has 0 saturated heterocycles. The Morgan fingerprint density at radius 1 is 1.19 bits per heavy atom. The van der Waals surface area contributed by atoms with Gasteiger partial charge in [0.05, 0.1) is 10.7 Å². The number of carbonyl (C=O) groups is 1. The summed E-state index contributed by atoms with van der Waals surface area (Å²) in [5, 5.41) is 12.2. The average molecular weight is 409 g/mol. The molecule has 2 aromatic carbocycles. The lowest BCUT2D eigenvalue weighted by Gasteiger charge is -2.06. The lowest BCUT2D eigenvalue weighted by Crippen LogP contribution is -2.13. The smallest absolute Gasteiger partial charge is 0.266 e. The summed E-state index contributed by atoms with van der Waals surface area (Å²) in [7, 11) is 0. The largest absolute Gasteiger partial charge is 0.320 e. The van der Waals surface area contributed by atoms with Gasteiger partial charge in [-0.25, -0.2) is 0 Å². The number of anilines is 1. The Morgan fingerprint density at radius 3 is 2.48 bits per heavy atom. The summed E-state index contributed by atoms with van der Waals surface area (Å²) >= 11 is 8.17. The molecule has 0 bridgehead atoms. The molecule has 2 aromatic rings. The van der Waals surface area contributed by atoms with E-state index in [-0.39, 0.29) is 5.57 Å². The molecule has 0 radical (unpaired) electrons. The number of benzene rings is 2. The average Bonchev–Trinajstić information content (AvgIpc) is 2.49. The predicted molar refractivity (Wildman–Crippen MR) is 92.8 cm³/mol. The zero-order valence-electron chi connectivity index (χ0n) is 10.8. The first-order valence-corrected chi connectivity index (χ1v) is 7.49. The molecule has 0 heterocycles. The van der Waals surface area contributed by atoms with Crippen LogP contribution in [-0.2, 0) is 4.79 Å². The van der Waals surface area contributed by atoms with E-state index < -0.39 is 5.91 Å². The molecule has 5 heteroatoms. The Balaban J connectivity index is 2.21. The normalized spacial score (nSPS) is 10.8. The molecule has 3 nitrogen and oxygen atoms in total. The summed E-state index contributed by atoms with van der Waals surface area (Å²) in [5.74, 6) is -0.482. The van der Waals surface area contributed by atoms with Crippen LogP contribution >= 0.6 is 34.2 Å². The van der Waals surface area contributed by atoms with Crippen molar-refractivity contribution in [1.82, 2.24) is 0 Å². The minimum Gasteiger partial charge on any atom is -0.320 e. The third-order valence-corrected chi connectivity index (χ3v) is 3.72. The van der Waals surface area contributed by atoms with Crippen molar-refractivity contribution in [2.75, 3.05) is 5.32 Å². The molecule has 0 aromatic heterocycles. The highest BCUT2D eigenvalue weighted by Gasteiger charge is 2.11. The summed E-state index contributed by atoms with van der Waals surface area (Å²) in [6.07, 6.45) is 1.54. The van der Waals surface area contributed by atoms with Crippen LogP contribution in [0.25, 0.3) is 6.08 Å². The van der Waals surface area contributed by atoms with E-state index in [2.05, 4.69) is 27.9 Å². The SMILES string of the molecule is N#C/C(=C\c1ccc(I)cc1)C(=O)Nc1ccccc1Cl. The summed E-state index contributed by atoms with van der Waals surface area (Å²) in [6, 6.07) is 16.3. The number of hydrogen-bond donors (Lipinski definition) is 1. The van der Waals surface area contributed by atoms with Crippen LogP contribution in [0.4, 0.5) is 5.69 Å². The van der Waals surface area contributed by atoms with Gasteiger partial charge in [0.1, 0.15) is 11.6 Å². The van der Waals surface area contributed by atoms with Crippen molar-refractivity contribution in [1.29, 1.82) is 5.26 Å². The van der Waals surface area contributed by atoms with Gasteiger partial charge in [-0.15, -0.1) is 0 Å². The molecule has 0 spiro atoms. The molecule has 1 amide bonds. The molecule has 0 aliphatic heterocycles. The van der Waals surface area contributed by atoms with Crippen molar-refractivity contribution >= 4 is 51.9 Å². The molecule has 2 rings (SSSR count).